The van der Waals surface area contributed by atoms with Gasteiger partial charge in [0, 0.05) is 10.9 Å². The maximum absolute atomic E-state index is 11.2. The third kappa shape index (κ3) is 3.00. The van der Waals surface area contributed by atoms with Crippen LogP contribution >= 0.6 is 12.4 Å². The number of H-pyrrole nitrogens is 1. The lowest BCUT2D eigenvalue weighted by molar-refractivity contribution is 0.0695. The summed E-state index contributed by atoms with van der Waals surface area (Å²) in [6.45, 7) is 3.50. The van der Waals surface area contributed by atoms with Crippen LogP contribution in [0.2, 0.25) is 0 Å². The van der Waals surface area contributed by atoms with E-state index in [4.69, 9.17) is 4.74 Å². The van der Waals surface area contributed by atoms with Crippen LogP contribution in [0, 0.1) is 13.8 Å². The summed E-state index contributed by atoms with van der Waals surface area (Å²) in [5.74, 6) is -0.157. The Labute approximate surface area is 139 Å². The van der Waals surface area contributed by atoms with Crippen LogP contribution in [0.15, 0.2) is 30.3 Å². The van der Waals surface area contributed by atoms with Crippen molar-refractivity contribution in [2.45, 2.75) is 13.8 Å². The lowest BCUT2D eigenvalue weighted by Gasteiger charge is -2.07. The second-order valence-corrected chi connectivity index (χ2v) is 5.23. The minimum Gasteiger partial charge on any atom is -0.497 e. The molecule has 3 aromatic rings. The minimum absolute atomic E-state index is 0. The number of carbonyl (C=O) groups is 1. The van der Waals surface area contributed by atoms with E-state index in [1.807, 2.05) is 24.3 Å². The number of hydrogen-bond acceptors (Lipinski definition) is 3. The SMILES string of the molecule is COc1ccc2[nH]c(-c3cc(C)c(C(=O)O)c(C)n3)cc2c1.Cl. The molecule has 120 valence electrons. The van der Waals surface area contributed by atoms with E-state index < -0.39 is 5.97 Å². The normalized spacial score (nSPS) is 10.4. The van der Waals surface area contributed by atoms with E-state index in [0.29, 0.717) is 11.3 Å². The Morgan fingerprint density at radius 1 is 1.22 bits per heavy atom. The van der Waals surface area contributed by atoms with Crippen molar-refractivity contribution >= 4 is 29.3 Å². The molecule has 23 heavy (non-hydrogen) atoms. The van der Waals surface area contributed by atoms with Crippen molar-refractivity contribution in [1.29, 1.82) is 0 Å². The molecule has 3 rings (SSSR count). The molecule has 0 saturated heterocycles. The van der Waals surface area contributed by atoms with Crippen LogP contribution < -0.4 is 4.74 Å². The molecule has 1 aromatic carbocycles. The molecule has 0 fully saturated rings. The number of ether oxygens (including phenoxy) is 1. The predicted molar refractivity (Wildman–Crippen MR) is 91.8 cm³/mol. The smallest absolute Gasteiger partial charge is 0.337 e. The lowest BCUT2D eigenvalue weighted by Crippen LogP contribution is -2.05. The maximum Gasteiger partial charge on any atom is 0.337 e. The Hall–Kier alpha value is -2.53. The summed E-state index contributed by atoms with van der Waals surface area (Å²) in [6, 6.07) is 9.56. The lowest BCUT2D eigenvalue weighted by atomic mass is 10.1. The second kappa shape index (κ2) is 6.30. The van der Waals surface area contributed by atoms with Crippen molar-refractivity contribution < 1.29 is 14.6 Å². The molecule has 6 heteroatoms. The Bertz CT molecular complexity index is 864. The highest BCUT2D eigenvalue weighted by atomic mass is 35.5. The number of nitrogens with zero attached hydrogens (tertiary/aromatic N) is 1. The van der Waals surface area contributed by atoms with Crippen molar-refractivity contribution in [2.75, 3.05) is 7.11 Å². The first kappa shape index (κ1) is 16.8. The Morgan fingerprint density at radius 3 is 2.57 bits per heavy atom. The van der Waals surface area contributed by atoms with Crippen LogP contribution in [0.1, 0.15) is 21.6 Å². The van der Waals surface area contributed by atoms with Crippen molar-refractivity contribution in [3.63, 3.8) is 0 Å². The average molecular weight is 333 g/mol. The van der Waals surface area contributed by atoms with Gasteiger partial charge in [-0.3, -0.25) is 4.98 Å². The van der Waals surface area contributed by atoms with Gasteiger partial charge in [0.15, 0.2) is 0 Å². The zero-order valence-electron chi connectivity index (χ0n) is 13.0. The van der Waals surface area contributed by atoms with Crippen LogP contribution in [-0.4, -0.2) is 28.2 Å². The van der Waals surface area contributed by atoms with Gasteiger partial charge in [0.05, 0.1) is 29.8 Å². The largest absolute Gasteiger partial charge is 0.497 e. The summed E-state index contributed by atoms with van der Waals surface area (Å²) >= 11 is 0. The molecule has 0 spiro atoms. The number of nitrogens with one attached hydrogen (secondary N) is 1. The predicted octanol–water partition coefficient (Wildman–Crippen LogP) is 3.98. The van der Waals surface area contributed by atoms with Gasteiger partial charge in [-0.2, -0.15) is 0 Å². The van der Waals surface area contributed by atoms with Crippen molar-refractivity contribution in [2.24, 2.45) is 0 Å². The van der Waals surface area contributed by atoms with Gasteiger partial charge in [-0.15, -0.1) is 12.4 Å². The zero-order valence-corrected chi connectivity index (χ0v) is 13.8. The van der Waals surface area contributed by atoms with E-state index >= 15 is 0 Å². The topological polar surface area (TPSA) is 75.2 Å². The van der Waals surface area contributed by atoms with Gasteiger partial charge in [0.1, 0.15) is 5.75 Å². The number of aromatic amines is 1. The molecular weight excluding hydrogens is 316 g/mol. The average Bonchev–Trinajstić information content (AvgIpc) is 2.88. The van der Waals surface area contributed by atoms with Crippen LogP contribution in [0.3, 0.4) is 0 Å². The summed E-state index contributed by atoms with van der Waals surface area (Å²) in [4.78, 5) is 19.0. The Morgan fingerprint density at radius 2 is 1.96 bits per heavy atom. The van der Waals surface area contributed by atoms with Gasteiger partial charge < -0.3 is 14.8 Å². The van der Waals surface area contributed by atoms with Gasteiger partial charge >= 0.3 is 5.97 Å². The molecule has 0 aliphatic carbocycles. The highest BCUT2D eigenvalue weighted by Gasteiger charge is 2.15. The summed E-state index contributed by atoms with van der Waals surface area (Å²) in [7, 11) is 1.63. The highest BCUT2D eigenvalue weighted by Crippen LogP contribution is 2.27. The first-order chi connectivity index (χ1) is 10.5. The van der Waals surface area contributed by atoms with E-state index in [9.17, 15) is 9.90 Å². The molecule has 0 aliphatic rings. The van der Waals surface area contributed by atoms with Crippen LogP contribution in [-0.2, 0) is 0 Å². The Kier molecular flexibility index (Phi) is 4.61. The molecule has 0 aliphatic heterocycles. The number of rotatable bonds is 3. The fourth-order valence-corrected chi connectivity index (χ4v) is 2.67. The number of carboxylic acid groups (broad SMARTS) is 1. The number of aryl methyl sites for hydroxylation is 2. The molecule has 0 saturated carbocycles. The molecule has 2 N–H and O–H groups in total. The summed E-state index contributed by atoms with van der Waals surface area (Å²) in [5.41, 5.74) is 4.04. The number of halogens is 1. The third-order valence-corrected chi connectivity index (χ3v) is 3.72. The molecule has 0 bridgehead atoms. The number of aromatic carboxylic acids is 1. The van der Waals surface area contributed by atoms with Gasteiger partial charge in [-0.25, -0.2) is 4.79 Å². The van der Waals surface area contributed by atoms with Gasteiger partial charge in [0.2, 0.25) is 0 Å². The van der Waals surface area contributed by atoms with Crippen LogP contribution in [0.25, 0.3) is 22.3 Å². The number of benzene rings is 1. The maximum atomic E-state index is 11.2. The second-order valence-electron chi connectivity index (χ2n) is 5.23. The van der Waals surface area contributed by atoms with E-state index in [1.54, 1.807) is 27.0 Å². The minimum atomic E-state index is -0.949. The van der Waals surface area contributed by atoms with Crippen LogP contribution in [0.5, 0.6) is 5.75 Å². The number of hydrogen-bond donors (Lipinski definition) is 2. The molecule has 0 unspecified atom stereocenters. The van der Waals surface area contributed by atoms with Crippen molar-refractivity contribution in [3.8, 4) is 17.1 Å². The number of aromatic nitrogens is 2. The van der Waals surface area contributed by atoms with Gasteiger partial charge in [-0.05, 0) is 49.7 Å². The monoisotopic (exact) mass is 332 g/mol. The first-order valence-electron chi connectivity index (χ1n) is 6.88. The van der Waals surface area contributed by atoms with Crippen LogP contribution in [0.4, 0.5) is 0 Å². The number of methoxy groups -OCH3 is 1. The quantitative estimate of drug-likeness (QED) is 0.760. The zero-order chi connectivity index (χ0) is 15.9. The highest BCUT2D eigenvalue weighted by molar-refractivity contribution is 5.91. The summed E-state index contributed by atoms with van der Waals surface area (Å²) < 4.78 is 5.22. The van der Waals surface area contributed by atoms with Crippen molar-refractivity contribution in [3.05, 3.63) is 47.2 Å². The van der Waals surface area contributed by atoms with E-state index in [0.717, 1.165) is 28.0 Å². The fourth-order valence-electron chi connectivity index (χ4n) is 2.67. The molecule has 0 radical (unpaired) electrons. The van der Waals surface area contributed by atoms with Gasteiger partial charge in [0.25, 0.3) is 0 Å². The molecule has 0 atom stereocenters. The van der Waals surface area contributed by atoms with Gasteiger partial charge in [-0.1, -0.05) is 0 Å². The van der Waals surface area contributed by atoms with E-state index in [2.05, 4.69) is 9.97 Å². The fraction of sp³-hybridized carbons (Fsp3) is 0.176. The van der Waals surface area contributed by atoms with E-state index in [-0.39, 0.29) is 18.0 Å². The molecule has 2 aromatic heterocycles. The summed E-state index contributed by atoms with van der Waals surface area (Å²) in [5, 5.41) is 10.2. The standard InChI is InChI=1S/C17H16N2O3.ClH/c1-9-6-14(18-10(2)16(9)17(20)21)15-8-11-7-12(22-3)4-5-13(11)19-15;/h4-8,19H,1-3H3,(H,20,21);1H. The van der Waals surface area contributed by atoms with Crippen molar-refractivity contribution in [1.82, 2.24) is 9.97 Å². The van der Waals surface area contributed by atoms with E-state index in [1.165, 1.54) is 0 Å². The Balaban J connectivity index is 0.00000192. The number of carboxylic acids is 1. The molecule has 0 amide bonds. The summed E-state index contributed by atoms with van der Waals surface area (Å²) in [6.07, 6.45) is 0. The molecular formula is C17H17ClN2O3. The number of pyridine rings is 1. The third-order valence-electron chi connectivity index (χ3n) is 3.72. The first-order valence-corrected chi connectivity index (χ1v) is 6.88. The molecule has 5 nitrogen and oxygen atoms in total. The number of fused-ring (bicyclic) bond motifs is 1. The molecule has 2 heterocycles.